The molecular formula is C19H28N4O3. The van der Waals surface area contributed by atoms with Crippen LogP contribution >= 0.6 is 0 Å². The molecule has 2 atom stereocenters. The number of likely N-dealkylation sites (tertiary alicyclic amines) is 1. The molecule has 1 saturated heterocycles. The van der Waals surface area contributed by atoms with Crippen LogP contribution in [0.5, 0.6) is 0 Å². The molecule has 7 heteroatoms. The van der Waals surface area contributed by atoms with E-state index in [1.54, 1.807) is 12.1 Å². The largest absolute Gasteiger partial charge is 0.348 e. The van der Waals surface area contributed by atoms with Crippen LogP contribution in [-0.4, -0.2) is 47.8 Å². The highest BCUT2D eigenvalue weighted by molar-refractivity contribution is 6.01. The molecule has 142 valence electrons. The zero-order valence-corrected chi connectivity index (χ0v) is 15.6. The van der Waals surface area contributed by atoms with Crippen LogP contribution in [0.15, 0.2) is 24.3 Å². The number of amides is 3. The SMILES string of the molecule is CC(C)(C)c1ccc(C(=O)NC(CN)CC(=O)N2C(=O)CC2CN)cc1. The second-order valence-electron chi connectivity index (χ2n) is 7.69. The Morgan fingerprint density at radius 3 is 2.31 bits per heavy atom. The predicted molar refractivity (Wildman–Crippen MR) is 99.4 cm³/mol. The molecule has 1 fully saturated rings. The van der Waals surface area contributed by atoms with E-state index in [0.717, 1.165) is 5.56 Å². The fourth-order valence-electron chi connectivity index (χ4n) is 2.91. The molecule has 0 saturated carbocycles. The Bertz CT molecular complexity index is 679. The van der Waals surface area contributed by atoms with Crippen LogP contribution in [0.3, 0.4) is 0 Å². The standard InChI is InChI=1S/C19H28N4O3/c1-19(2,3)13-6-4-12(5-7-13)18(26)22-14(10-20)8-16(24)23-15(11-21)9-17(23)25/h4-7,14-15H,8-11,20-21H2,1-3H3,(H,22,26). The summed E-state index contributed by atoms with van der Waals surface area (Å²) in [6.45, 7) is 6.65. The molecule has 2 rings (SSSR count). The summed E-state index contributed by atoms with van der Waals surface area (Å²) in [5.41, 5.74) is 12.9. The van der Waals surface area contributed by atoms with Gasteiger partial charge in [-0.3, -0.25) is 19.3 Å². The molecule has 1 aliphatic heterocycles. The van der Waals surface area contributed by atoms with Gasteiger partial charge < -0.3 is 16.8 Å². The Hall–Kier alpha value is -2.25. The molecule has 3 amide bonds. The average Bonchev–Trinajstić information content (AvgIpc) is 2.57. The fourth-order valence-corrected chi connectivity index (χ4v) is 2.91. The van der Waals surface area contributed by atoms with Crippen molar-refractivity contribution in [3.05, 3.63) is 35.4 Å². The number of hydrogen-bond acceptors (Lipinski definition) is 5. The molecule has 0 aliphatic carbocycles. The number of carbonyl (C=O) groups is 3. The third kappa shape index (κ3) is 4.47. The van der Waals surface area contributed by atoms with E-state index < -0.39 is 6.04 Å². The van der Waals surface area contributed by atoms with E-state index in [1.807, 2.05) is 12.1 Å². The molecular weight excluding hydrogens is 332 g/mol. The Morgan fingerprint density at radius 2 is 1.85 bits per heavy atom. The summed E-state index contributed by atoms with van der Waals surface area (Å²) < 4.78 is 0. The van der Waals surface area contributed by atoms with Gasteiger partial charge in [0, 0.05) is 31.5 Å². The maximum Gasteiger partial charge on any atom is 0.251 e. The van der Waals surface area contributed by atoms with Crippen molar-refractivity contribution < 1.29 is 14.4 Å². The normalized spacial score (nSPS) is 18.3. The van der Waals surface area contributed by atoms with Crippen molar-refractivity contribution in [2.45, 2.75) is 51.1 Å². The number of nitrogens with two attached hydrogens (primary N) is 2. The van der Waals surface area contributed by atoms with Gasteiger partial charge in [-0.25, -0.2) is 0 Å². The summed E-state index contributed by atoms with van der Waals surface area (Å²) in [5, 5.41) is 2.77. The first-order chi connectivity index (χ1) is 12.2. The quantitative estimate of drug-likeness (QED) is 0.639. The van der Waals surface area contributed by atoms with Crippen LogP contribution in [0.4, 0.5) is 0 Å². The topological polar surface area (TPSA) is 119 Å². The van der Waals surface area contributed by atoms with E-state index in [9.17, 15) is 14.4 Å². The van der Waals surface area contributed by atoms with Gasteiger partial charge in [0.15, 0.2) is 0 Å². The van der Waals surface area contributed by atoms with Crippen molar-refractivity contribution >= 4 is 17.7 Å². The first kappa shape index (κ1) is 20.1. The number of nitrogens with one attached hydrogen (secondary N) is 1. The van der Waals surface area contributed by atoms with Crippen molar-refractivity contribution in [3.8, 4) is 0 Å². The molecule has 1 aliphatic rings. The summed E-state index contributed by atoms with van der Waals surface area (Å²) in [5.74, 6) is -0.875. The minimum Gasteiger partial charge on any atom is -0.348 e. The molecule has 2 unspecified atom stereocenters. The minimum atomic E-state index is -0.538. The van der Waals surface area contributed by atoms with Crippen molar-refractivity contribution in [2.24, 2.45) is 11.5 Å². The molecule has 0 radical (unpaired) electrons. The van der Waals surface area contributed by atoms with Gasteiger partial charge in [0.05, 0.1) is 12.1 Å². The lowest BCUT2D eigenvalue weighted by Gasteiger charge is -2.38. The average molecular weight is 360 g/mol. The minimum absolute atomic E-state index is 0.00447. The third-order valence-corrected chi connectivity index (χ3v) is 4.64. The molecule has 26 heavy (non-hydrogen) atoms. The zero-order chi connectivity index (χ0) is 19.5. The highest BCUT2D eigenvalue weighted by Crippen LogP contribution is 2.22. The maximum absolute atomic E-state index is 12.4. The van der Waals surface area contributed by atoms with Gasteiger partial charge in [-0.1, -0.05) is 32.9 Å². The third-order valence-electron chi connectivity index (χ3n) is 4.64. The predicted octanol–water partition coefficient (Wildman–Crippen LogP) is 0.518. The van der Waals surface area contributed by atoms with Gasteiger partial charge in [-0.15, -0.1) is 0 Å². The second-order valence-corrected chi connectivity index (χ2v) is 7.69. The molecule has 0 aromatic heterocycles. The van der Waals surface area contributed by atoms with Crippen molar-refractivity contribution in [2.75, 3.05) is 13.1 Å². The van der Waals surface area contributed by atoms with Crippen LogP contribution in [-0.2, 0) is 15.0 Å². The first-order valence-electron chi connectivity index (χ1n) is 8.83. The summed E-state index contributed by atoms with van der Waals surface area (Å²) >= 11 is 0. The van der Waals surface area contributed by atoms with Crippen LogP contribution < -0.4 is 16.8 Å². The van der Waals surface area contributed by atoms with Crippen molar-refractivity contribution in [3.63, 3.8) is 0 Å². The van der Waals surface area contributed by atoms with Gasteiger partial charge >= 0.3 is 0 Å². The highest BCUT2D eigenvalue weighted by atomic mass is 16.2. The number of benzene rings is 1. The number of imide groups is 1. The van der Waals surface area contributed by atoms with Crippen LogP contribution in [0, 0.1) is 0 Å². The maximum atomic E-state index is 12.4. The van der Waals surface area contributed by atoms with E-state index in [1.165, 1.54) is 4.90 Å². The van der Waals surface area contributed by atoms with Crippen LogP contribution in [0.25, 0.3) is 0 Å². The Kier molecular flexibility index (Phi) is 6.15. The lowest BCUT2D eigenvalue weighted by atomic mass is 9.86. The van der Waals surface area contributed by atoms with E-state index in [2.05, 4.69) is 26.1 Å². The van der Waals surface area contributed by atoms with Crippen LogP contribution in [0.1, 0.15) is 49.5 Å². The molecule has 1 aromatic rings. The first-order valence-corrected chi connectivity index (χ1v) is 8.83. The Morgan fingerprint density at radius 1 is 1.23 bits per heavy atom. The molecule has 1 aromatic carbocycles. The van der Waals surface area contributed by atoms with Crippen molar-refractivity contribution in [1.82, 2.24) is 10.2 Å². The van der Waals surface area contributed by atoms with Gasteiger partial charge in [0.25, 0.3) is 5.91 Å². The van der Waals surface area contributed by atoms with E-state index >= 15 is 0 Å². The van der Waals surface area contributed by atoms with Crippen LogP contribution in [0.2, 0.25) is 0 Å². The van der Waals surface area contributed by atoms with E-state index in [4.69, 9.17) is 11.5 Å². The number of nitrogens with zero attached hydrogens (tertiary/aromatic N) is 1. The smallest absolute Gasteiger partial charge is 0.251 e. The van der Waals surface area contributed by atoms with Gasteiger partial charge in [0.2, 0.25) is 11.8 Å². The van der Waals surface area contributed by atoms with Gasteiger partial charge in [-0.05, 0) is 23.1 Å². The fraction of sp³-hybridized carbons (Fsp3) is 0.526. The van der Waals surface area contributed by atoms with E-state index in [0.29, 0.717) is 12.0 Å². The second kappa shape index (κ2) is 7.97. The zero-order valence-electron chi connectivity index (χ0n) is 15.6. The molecule has 1 heterocycles. The summed E-state index contributed by atoms with van der Waals surface area (Å²) in [7, 11) is 0. The number of hydrogen-bond donors (Lipinski definition) is 3. The number of carbonyl (C=O) groups excluding carboxylic acids is 3. The van der Waals surface area contributed by atoms with Crippen molar-refractivity contribution in [1.29, 1.82) is 0 Å². The Labute approximate surface area is 154 Å². The summed E-state index contributed by atoms with van der Waals surface area (Å²) in [6, 6.07) is 6.58. The Balaban J connectivity index is 1.97. The molecule has 0 spiro atoms. The van der Waals surface area contributed by atoms with Gasteiger partial charge in [0.1, 0.15) is 0 Å². The molecule has 5 N–H and O–H groups in total. The molecule has 0 bridgehead atoms. The lowest BCUT2D eigenvalue weighted by molar-refractivity contribution is -0.157. The molecule has 7 nitrogen and oxygen atoms in total. The van der Waals surface area contributed by atoms with Gasteiger partial charge in [-0.2, -0.15) is 0 Å². The summed E-state index contributed by atoms with van der Waals surface area (Å²) in [4.78, 5) is 37.5. The number of rotatable bonds is 6. The monoisotopic (exact) mass is 360 g/mol. The number of β-lactam (4-membered cyclic amide) rings is 1. The van der Waals surface area contributed by atoms with E-state index in [-0.39, 0.29) is 48.7 Å². The highest BCUT2D eigenvalue weighted by Gasteiger charge is 2.40. The summed E-state index contributed by atoms with van der Waals surface area (Å²) in [6.07, 6.45) is 0.270. The lowest BCUT2D eigenvalue weighted by Crippen LogP contribution is -2.59.